The number of esters is 1. The van der Waals surface area contributed by atoms with Gasteiger partial charge >= 0.3 is 11.9 Å². The molecule has 2 fully saturated rings. The lowest BCUT2D eigenvalue weighted by Crippen LogP contribution is -2.64. The van der Waals surface area contributed by atoms with Gasteiger partial charge < -0.3 is 39.0 Å². The molecule has 0 aromatic rings. The maximum atomic E-state index is 14.3. The molecule has 0 aromatic heterocycles. The Kier molecular flexibility index (Phi) is 17.0. The van der Waals surface area contributed by atoms with E-state index in [1.807, 2.05) is 26.0 Å². The van der Waals surface area contributed by atoms with Crippen LogP contribution < -0.4 is 0 Å². The van der Waals surface area contributed by atoms with Crippen molar-refractivity contribution in [3.8, 4) is 0 Å². The third-order valence-corrected chi connectivity index (χ3v) is 12.6. The summed E-state index contributed by atoms with van der Waals surface area (Å²) in [5.74, 6) is -8.06. The Morgan fingerprint density at radius 3 is 2.26 bits per heavy atom. The number of aliphatic hydroxyl groups is 3. The highest BCUT2D eigenvalue weighted by molar-refractivity contribution is 6.39. The molecule has 1 saturated carbocycles. The summed E-state index contributed by atoms with van der Waals surface area (Å²) < 4.78 is 29.7. The standard InChI is InChI=1S/C44H67NO12/c1-10-13-31-19-25(2)18-26(3)20-37(54-8)40-38(55-9)22-28(5)44(52,57-40)41(49)42(50)45-17-12-11-14-32(45)43(51)56-39(29(6)34(47)24-35(31)48)27(4)21-30-15-16-33(46)36(23-30)53-7/h10,12,17,19,21,26,28-34,36-40,46-47,52H,1,11,13-16,18,20,22-24H2,2-9H3/b25-19+,27-21+/t26-,28+,29+,30-,31+,32-,33+,34-,36+,37-,38-,39+,40+,44+/m0/s1. The van der Waals surface area contributed by atoms with E-state index in [2.05, 4.69) is 6.58 Å². The first kappa shape index (κ1) is 46.6. The molecule has 3 aliphatic heterocycles. The number of amides is 1. The summed E-state index contributed by atoms with van der Waals surface area (Å²) in [6.45, 7) is 13.0. The summed E-state index contributed by atoms with van der Waals surface area (Å²) in [6, 6.07) is -1.23. The molecule has 2 bridgehead atoms. The van der Waals surface area contributed by atoms with Crippen molar-refractivity contribution < 1.29 is 58.2 Å². The Bertz CT molecular complexity index is 1520. The van der Waals surface area contributed by atoms with E-state index in [1.54, 1.807) is 40.0 Å². The van der Waals surface area contributed by atoms with Gasteiger partial charge in [-0.1, -0.05) is 50.6 Å². The fraction of sp³-hybridized carbons (Fsp3) is 0.727. The highest BCUT2D eigenvalue weighted by Gasteiger charge is 2.56. The molecular weight excluding hydrogens is 734 g/mol. The van der Waals surface area contributed by atoms with Gasteiger partial charge in [-0.25, -0.2) is 4.79 Å². The van der Waals surface area contributed by atoms with Crippen LogP contribution in [0.1, 0.15) is 98.8 Å². The molecule has 3 heterocycles. The lowest BCUT2D eigenvalue weighted by molar-refractivity contribution is -0.302. The molecule has 14 atom stereocenters. The molecule has 1 saturated heterocycles. The van der Waals surface area contributed by atoms with Gasteiger partial charge in [0.15, 0.2) is 0 Å². The van der Waals surface area contributed by atoms with Crippen LogP contribution >= 0.6 is 0 Å². The van der Waals surface area contributed by atoms with Crippen molar-refractivity contribution in [1.29, 1.82) is 0 Å². The number of nitrogens with zero attached hydrogens (tertiary/aromatic N) is 1. The van der Waals surface area contributed by atoms with Gasteiger partial charge in [-0.2, -0.15) is 0 Å². The van der Waals surface area contributed by atoms with E-state index in [-0.39, 0.29) is 43.0 Å². The molecule has 13 nitrogen and oxygen atoms in total. The van der Waals surface area contributed by atoms with Crippen molar-refractivity contribution in [3.63, 3.8) is 0 Å². The highest BCUT2D eigenvalue weighted by Crippen LogP contribution is 2.39. The number of aliphatic hydroxyl groups excluding tert-OH is 2. The fourth-order valence-electron chi connectivity index (χ4n) is 9.12. The number of carbonyl (C=O) groups excluding carboxylic acids is 4. The Morgan fingerprint density at radius 2 is 1.61 bits per heavy atom. The van der Waals surface area contributed by atoms with E-state index in [1.165, 1.54) is 20.4 Å². The number of rotatable bonds is 7. The van der Waals surface area contributed by atoms with E-state index in [9.17, 15) is 34.5 Å². The number of fused-ring (bicyclic) bond motifs is 3. The first-order chi connectivity index (χ1) is 27.0. The molecule has 3 N–H and O–H groups in total. The van der Waals surface area contributed by atoms with E-state index < -0.39 is 83.9 Å². The first-order valence-corrected chi connectivity index (χ1v) is 20.6. The maximum absolute atomic E-state index is 14.3. The second-order valence-corrected chi connectivity index (χ2v) is 17.0. The number of carbonyl (C=O) groups is 4. The number of hydrogen-bond acceptors (Lipinski definition) is 12. The van der Waals surface area contributed by atoms with Gasteiger partial charge in [0.25, 0.3) is 5.78 Å². The zero-order valence-electron chi connectivity index (χ0n) is 35.1. The summed E-state index contributed by atoms with van der Waals surface area (Å²) in [5.41, 5.74) is 1.59. The first-order valence-electron chi connectivity index (χ1n) is 20.6. The molecule has 4 aliphatic rings. The Labute approximate surface area is 338 Å². The number of methoxy groups -OCH3 is 3. The third kappa shape index (κ3) is 11.2. The summed E-state index contributed by atoms with van der Waals surface area (Å²) in [6.07, 6.45) is 6.95. The fourth-order valence-corrected chi connectivity index (χ4v) is 9.12. The Morgan fingerprint density at radius 1 is 0.947 bits per heavy atom. The number of Topliss-reactive ketones (excluding diaryl/α,β-unsaturated/α-hetero) is 2. The van der Waals surface area contributed by atoms with Crippen molar-refractivity contribution in [2.24, 2.45) is 29.6 Å². The van der Waals surface area contributed by atoms with Crippen molar-refractivity contribution in [2.75, 3.05) is 21.3 Å². The van der Waals surface area contributed by atoms with E-state index in [0.717, 1.165) is 10.5 Å². The highest BCUT2D eigenvalue weighted by atomic mass is 16.7. The van der Waals surface area contributed by atoms with Gasteiger partial charge in [-0.15, -0.1) is 6.58 Å². The Balaban J connectivity index is 1.78. The average Bonchev–Trinajstić information content (AvgIpc) is 3.18. The van der Waals surface area contributed by atoms with Crippen LogP contribution in [0, 0.1) is 29.6 Å². The van der Waals surface area contributed by atoms with Crippen molar-refractivity contribution in [2.45, 2.75) is 153 Å². The van der Waals surface area contributed by atoms with Crippen LogP contribution in [0.15, 0.2) is 48.2 Å². The number of allylic oxidation sites excluding steroid dienone is 5. The van der Waals surface area contributed by atoms with Crippen LogP contribution in [-0.4, -0.2) is 120 Å². The lowest BCUT2D eigenvalue weighted by Gasteiger charge is -2.46. The second-order valence-electron chi connectivity index (χ2n) is 17.0. The van der Waals surface area contributed by atoms with Crippen molar-refractivity contribution in [1.82, 2.24) is 4.90 Å². The number of ketones is 2. The molecule has 0 radical (unpaired) electrons. The topological polar surface area (TPSA) is 178 Å². The smallest absolute Gasteiger partial charge is 0.329 e. The van der Waals surface area contributed by atoms with Crippen molar-refractivity contribution >= 4 is 23.4 Å². The van der Waals surface area contributed by atoms with E-state index in [4.69, 9.17) is 23.7 Å². The number of hydrogen-bond donors (Lipinski definition) is 3. The lowest BCUT2D eigenvalue weighted by atomic mass is 9.81. The predicted molar refractivity (Wildman–Crippen MR) is 212 cm³/mol. The van der Waals surface area contributed by atoms with Gasteiger partial charge in [-0.3, -0.25) is 19.3 Å². The minimum Gasteiger partial charge on any atom is -0.456 e. The number of cyclic esters (lactones) is 1. The van der Waals surface area contributed by atoms with Gasteiger partial charge in [-0.05, 0) is 89.0 Å². The molecule has 57 heavy (non-hydrogen) atoms. The second kappa shape index (κ2) is 20.8. The minimum atomic E-state index is -2.54. The quantitative estimate of drug-likeness (QED) is 0.183. The van der Waals surface area contributed by atoms with Gasteiger partial charge in [0, 0.05) is 51.7 Å². The molecule has 4 rings (SSSR count). The summed E-state index contributed by atoms with van der Waals surface area (Å²) >= 11 is 0. The Hall–Kier alpha value is -3.04. The normalized spacial score (nSPS) is 40.7. The predicted octanol–water partition coefficient (Wildman–Crippen LogP) is 4.76. The van der Waals surface area contributed by atoms with E-state index >= 15 is 0 Å². The molecule has 1 aliphatic carbocycles. The van der Waals surface area contributed by atoms with Gasteiger partial charge in [0.2, 0.25) is 5.79 Å². The summed E-state index contributed by atoms with van der Waals surface area (Å²) in [4.78, 5) is 57.5. The van der Waals surface area contributed by atoms with Crippen LogP contribution in [0.25, 0.3) is 0 Å². The molecule has 1 amide bonds. The SMILES string of the molecule is C=CC[C@@H]1/C=C(\C)C[C@H](C)C[C@H](OC)[C@H]2O[C@@](O)(C(=O)C(=O)N3C=CCC[C@H]3C(=O)O[C@H](/C(C)=C/[C@@H]3CC[C@@H](O)[C@H](OC)C3)[C@H](C)[C@@H](O)CC1=O)[C@H](C)C[C@@H]2OC. The van der Waals surface area contributed by atoms with Crippen LogP contribution in [-0.2, 0) is 42.9 Å². The third-order valence-electron chi connectivity index (χ3n) is 12.6. The summed E-state index contributed by atoms with van der Waals surface area (Å²) in [7, 11) is 4.59. The average molecular weight is 802 g/mol. The zero-order valence-corrected chi connectivity index (χ0v) is 35.1. The molecule has 320 valence electrons. The summed E-state index contributed by atoms with van der Waals surface area (Å²) in [5, 5.41) is 34.1. The van der Waals surface area contributed by atoms with Crippen molar-refractivity contribution in [3.05, 3.63) is 48.2 Å². The van der Waals surface area contributed by atoms with Crippen LogP contribution in [0.5, 0.6) is 0 Å². The maximum Gasteiger partial charge on any atom is 0.329 e. The van der Waals surface area contributed by atoms with Crippen LogP contribution in [0.4, 0.5) is 0 Å². The largest absolute Gasteiger partial charge is 0.456 e. The monoisotopic (exact) mass is 801 g/mol. The van der Waals surface area contributed by atoms with Gasteiger partial charge in [0.05, 0.1) is 30.5 Å². The van der Waals surface area contributed by atoms with Crippen LogP contribution in [0.3, 0.4) is 0 Å². The molecule has 13 heteroatoms. The molecule has 0 aromatic carbocycles. The van der Waals surface area contributed by atoms with Crippen LogP contribution in [0.2, 0.25) is 0 Å². The molecular formula is C44H67NO12. The zero-order chi connectivity index (χ0) is 42.2. The number of ether oxygens (including phenoxy) is 5. The molecule has 0 spiro atoms. The van der Waals surface area contributed by atoms with E-state index in [0.29, 0.717) is 50.5 Å². The van der Waals surface area contributed by atoms with Gasteiger partial charge in [0.1, 0.15) is 24.0 Å². The molecule has 0 unspecified atom stereocenters. The minimum absolute atomic E-state index is 0.000750.